The number of carbonyl (C=O) groups excluding carboxylic acids is 2. The van der Waals surface area contributed by atoms with Crippen molar-refractivity contribution in [2.75, 3.05) is 7.11 Å². The van der Waals surface area contributed by atoms with E-state index in [1.807, 2.05) is 0 Å². The number of hydrogen-bond donors (Lipinski definition) is 0. The van der Waals surface area contributed by atoms with E-state index in [0.29, 0.717) is 11.5 Å². The van der Waals surface area contributed by atoms with Gasteiger partial charge in [0.1, 0.15) is 6.10 Å². The van der Waals surface area contributed by atoms with Gasteiger partial charge in [0.2, 0.25) is 0 Å². The molecule has 0 aromatic heterocycles. The van der Waals surface area contributed by atoms with E-state index in [-0.39, 0.29) is 39.5 Å². The van der Waals surface area contributed by atoms with Crippen molar-refractivity contribution >= 4 is 11.9 Å². The minimum absolute atomic E-state index is 0.0457. The summed E-state index contributed by atoms with van der Waals surface area (Å²) in [5, 5.41) is 0. The largest absolute Gasteiger partial charge is 0.469 e. The van der Waals surface area contributed by atoms with Crippen LogP contribution in [-0.2, 0) is 19.1 Å². The molecule has 0 N–H and O–H groups in total. The van der Waals surface area contributed by atoms with Crippen LogP contribution in [-0.4, -0.2) is 25.2 Å². The van der Waals surface area contributed by atoms with Crippen LogP contribution in [0.2, 0.25) is 0 Å². The topological polar surface area (TPSA) is 52.6 Å². The van der Waals surface area contributed by atoms with E-state index < -0.39 is 12.0 Å². The van der Waals surface area contributed by atoms with Crippen molar-refractivity contribution in [1.82, 2.24) is 0 Å². The zero-order valence-corrected chi connectivity index (χ0v) is 21.2. The maximum atomic E-state index is 13.1. The SMILES string of the molecule is C=C1[C@H](C(=O)OC)[C@@]2(C)CC[C@H]3[C@@](C)(CC=C4C(C)(C)CCC[C@@]43C)[C@@H]2C[C@H]1OC(C)=O. The third-order valence-electron chi connectivity index (χ3n) is 10.4. The Bertz CT molecular complexity index is 869. The molecule has 0 aromatic carbocycles. The molecule has 0 amide bonds. The minimum atomic E-state index is -0.436. The molecule has 0 aliphatic heterocycles. The number of ether oxygens (including phenoxy) is 2. The molecule has 178 valence electrons. The van der Waals surface area contributed by atoms with Gasteiger partial charge in [-0.3, -0.25) is 9.59 Å². The molecule has 4 nitrogen and oxygen atoms in total. The third kappa shape index (κ3) is 3.15. The van der Waals surface area contributed by atoms with Crippen molar-refractivity contribution < 1.29 is 19.1 Å². The third-order valence-corrected chi connectivity index (χ3v) is 10.4. The maximum Gasteiger partial charge on any atom is 0.313 e. The van der Waals surface area contributed by atoms with Crippen LogP contribution >= 0.6 is 0 Å². The molecule has 0 radical (unpaired) electrons. The van der Waals surface area contributed by atoms with Gasteiger partial charge in [-0.15, -0.1) is 0 Å². The van der Waals surface area contributed by atoms with E-state index in [0.717, 1.165) is 25.7 Å². The van der Waals surface area contributed by atoms with Crippen molar-refractivity contribution in [3.8, 4) is 0 Å². The number of allylic oxidation sites excluding steroid dienone is 2. The molecular weight excluding hydrogens is 400 g/mol. The lowest BCUT2D eigenvalue weighted by molar-refractivity contribution is -0.183. The quantitative estimate of drug-likeness (QED) is 0.374. The number of hydrogen-bond acceptors (Lipinski definition) is 4. The van der Waals surface area contributed by atoms with Crippen LogP contribution < -0.4 is 0 Å². The van der Waals surface area contributed by atoms with Gasteiger partial charge in [0.15, 0.2) is 0 Å². The fourth-order valence-electron chi connectivity index (χ4n) is 9.14. The monoisotopic (exact) mass is 442 g/mol. The fourth-order valence-corrected chi connectivity index (χ4v) is 9.14. The molecule has 0 bridgehead atoms. The van der Waals surface area contributed by atoms with Gasteiger partial charge in [-0.25, -0.2) is 0 Å². The molecule has 4 aliphatic carbocycles. The number of methoxy groups -OCH3 is 1. The number of rotatable bonds is 2. The average Bonchev–Trinajstić information content (AvgIpc) is 2.67. The Kier molecular flexibility index (Phi) is 5.50. The lowest BCUT2D eigenvalue weighted by atomic mass is 9.37. The van der Waals surface area contributed by atoms with E-state index in [4.69, 9.17) is 9.47 Å². The van der Waals surface area contributed by atoms with Gasteiger partial charge in [0.25, 0.3) is 0 Å². The van der Waals surface area contributed by atoms with Crippen LogP contribution in [0, 0.1) is 39.4 Å². The van der Waals surface area contributed by atoms with Crippen LogP contribution in [0.3, 0.4) is 0 Å². The van der Waals surface area contributed by atoms with Crippen molar-refractivity contribution in [2.45, 2.75) is 92.6 Å². The summed E-state index contributed by atoms with van der Waals surface area (Å²) in [4.78, 5) is 25.0. The van der Waals surface area contributed by atoms with Crippen LogP contribution in [0.1, 0.15) is 86.5 Å². The Morgan fingerprint density at radius 3 is 2.34 bits per heavy atom. The Labute approximate surface area is 194 Å². The Hall–Kier alpha value is -1.58. The normalized spacial score (nSPS) is 45.0. The molecule has 0 aromatic rings. The first-order valence-corrected chi connectivity index (χ1v) is 12.5. The number of fused-ring (bicyclic) bond motifs is 5. The predicted molar refractivity (Wildman–Crippen MR) is 126 cm³/mol. The highest BCUT2D eigenvalue weighted by Gasteiger charge is 2.66. The zero-order valence-electron chi connectivity index (χ0n) is 21.2. The van der Waals surface area contributed by atoms with Crippen molar-refractivity contribution in [3.05, 3.63) is 23.8 Å². The van der Waals surface area contributed by atoms with Gasteiger partial charge >= 0.3 is 11.9 Å². The number of carbonyl (C=O) groups is 2. The Morgan fingerprint density at radius 1 is 1.03 bits per heavy atom. The lowest BCUT2D eigenvalue weighted by Gasteiger charge is -2.67. The second kappa shape index (κ2) is 7.46. The van der Waals surface area contributed by atoms with Crippen LogP contribution in [0.5, 0.6) is 0 Å². The molecule has 4 aliphatic rings. The first kappa shape index (κ1) is 23.6. The highest BCUT2D eigenvalue weighted by atomic mass is 16.5. The standard InChI is InChI=1S/C28H42O4/c1-17-19(32-18(2)29)16-22-27(6)14-10-20-25(3,4)12-9-13-26(20,5)21(27)11-15-28(22,7)23(17)24(30)31-8/h10,19,21-23H,1,9,11-16H2,2-8H3/t19-,21-,22+,23-,26+,27-,28+/m1/s1. The van der Waals surface area contributed by atoms with E-state index in [2.05, 4.69) is 47.3 Å². The summed E-state index contributed by atoms with van der Waals surface area (Å²) in [6.45, 7) is 17.8. The smallest absolute Gasteiger partial charge is 0.313 e. The lowest BCUT2D eigenvalue weighted by Crippen LogP contribution is -2.62. The highest BCUT2D eigenvalue weighted by Crippen LogP contribution is 2.72. The van der Waals surface area contributed by atoms with Crippen molar-refractivity contribution in [1.29, 1.82) is 0 Å². The first-order chi connectivity index (χ1) is 14.8. The summed E-state index contributed by atoms with van der Waals surface area (Å²) >= 11 is 0. The molecule has 32 heavy (non-hydrogen) atoms. The predicted octanol–water partition coefficient (Wildman–Crippen LogP) is 6.25. The molecule has 0 saturated heterocycles. The van der Waals surface area contributed by atoms with E-state index in [9.17, 15) is 9.59 Å². The zero-order chi connectivity index (χ0) is 23.7. The fraction of sp³-hybridized carbons (Fsp3) is 0.786. The van der Waals surface area contributed by atoms with Crippen LogP contribution in [0.4, 0.5) is 0 Å². The molecule has 3 saturated carbocycles. The van der Waals surface area contributed by atoms with Gasteiger partial charge in [-0.1, -0.05) is 59.3 Å². The van der Waals surface area contributed by atoms with E-state index in [1.165, 1.54) is 33.3 Å². The molecule has 4 rings (SSSR count). The van der Waals surface area contributed by atoms with Gasteiger partial charge in [-0.2, -0.15) is 0 Å². The Balaban J connectivity index is 1.82. The van der Waals surface area contributed by atoms with Gasteiger partial charge < -0.3 is 9.47 Å². The molecule has 7 atom stereocenters. The molecule has 0 spiro atoms. The van der Waals surface area contributed by atoms with Gasteiger partial charge in [0.05, 0.1) is 13.0 Å². The summed E-state index contributed by atoms with van der Waals surface area (Å²) in [6, 6.07) is 0. The van der Waals surface area contributed by atoms with Crippen molar-refractivity contribution in [2.24, 2.45) is 39.4 Å². The first-order valence-electron chi connectivity index (χ1n) is 12.5. The second-order valence-electron chi connectivity index (χ2n) is 12.5. The summed E-state index contributed by atoms with van der Waals surface area (Å²) < 4.78 is 11.0. The highest BCUT2D eigenvalue weighted by molar-refractivity contribution is 5.78. The number of esters is 2. The van der Waals surface area contributed by atoms with Gasteiger partial charge in [0, 0.05) is 6.92 Å². The van der Waals surface area contributed by atoms with E-state index in [1.54, 1.807) is 5.57 Å². The minimum Gasteiger partial charge on any atom is -0.469 e. The molecule has 4 heteroatoms. The average molecular weight is 443 g/mol. The molecule has 3 fully saturated rings. The molecular formula is C28H42O4. The second-order valence-corrected chi connectivity index (χ2v) is 12.5. The Morgan fingerprint density at radius 2 is 1.72 bits per heavy atom. The summed E-state index contributed by atoms with van der Waals surface area (Å²) in [6.07, 6.45) is 9.78. The molecule has 0 unspecified atom stereocenters. The summed E-state index contributed by atoms with van der Waals surface area (Å²) in [5.74, 6) is -0.164. The van der Waals surface area contributed by atoms with E-state index >= 15 is 0 Å². The molecule has 0 heterocycles. The van der Waals surface area contributed by atoms with Crippen LogP contribution in [0.25, 0.3) is 0 Å². The van der Waals surface area contributed by atoms with Crippen LogP contribution in [0.15, 0.2) is 23.8 Å². The van der Waals surface area contributed by atoms with Crippen molar-refractivity contribution in [3.63, 3.8) is 0 Å². The summed E-state index contributed by atoms with van der Waals surface area (Å²) in [5.41, 5.74) is 2.63. The van der Waals surface area contributed by atoms with Gasteiger partial charge in [-0.05, 0) is 77.6 Å². The summed E-state index contributed by atoms with van der Waals surface area (Å²) in [7, 11) is 1.46. The maximum absolute atomic E-state index is 13.1.